The number of benzene rings is 1. The Kier molecular flexibility index (Phi) is 4.60. The Hall–Kier alpha value is -2.30. The van der Waals surface area contributed by atoms with Gasteiger partial charge >= 0.3 is 5.97 Å². The average Bonchev–Trinajstić information content (AvgIpc) is 2.89. The number of hydrogen-bond acceptors (Lipinski definition) is 3. The van der Waals surface area contributed by atoms with E-state index in [0.29, 0.717) is 25.3 Å². The van der Waals surface area contributed by atoms with Gasteiger partial charge in [0, 0.05) is 24.2 Å². The zero-order valence-electron chi connectivity index (χ0n) is 14.5. The molecule has 5 nitrogen and oxygen atoms in total. The van der Waals surface area contributed by atoms with E-state index in [9.17, 15) is 9.59 Å². The fourth-order valence-corrected chi connectivity index (χ4v) is 3.45. The average molecular weight is 328 g/mol. The maximum absolute atomic E-state index is 13.0. The quantitative estimate of drug-likeness (QED) is 0.880. The maximum atomic E-state index is 13.0. The number of aromatic amines is 1. The molecule has 1 aromatic heterocycles. The van der Waals surface area contributed by atoms with Crippen molar-refractivity contribution in [2.24, 2.45) is 5.92 Å². The first-order valence-electron chi connectivity index (χ1n) is 8.56. The molecule has 1 amide bonds. The zero-order chi connectivity index (χ0) is 17.3. The lowest BCUT2D eigenvalue weighted by atomic mass is 9.97. The van der Waals surface area contributed by atoms with Crippen LogP contribution >= 0.6 is 0 Å². The van der Waals surface area contributed by atoms with Gasteiger partial charge < -0.3 is 14.6 Å². The molecule has 128 valence electrons. The summed E-state index contributed by atoms with van der Waals surface area (Å²) < 4.78 is 5.12. The Balaban J connectivity index is 1.86. The number of para-hydroxylation sites is 1. The van der Waals surface area contributed by atoms with Gasteiger partial charge in [0.2, 0.25) is 0 Å². The van der Waals surface area contributed by atoms with Crippen LogP contribution in [0.1, 0.15) is 41.4 Å². The lowest BCUT2D eigenvalue weighted by Crippen LogP contribution is -2.42. The van der Waals surface area contributed by atoms with Gasteiger partial charge in [-0.1, -0.05) is 12.1 Å². The molecule has 0 aliphatic carbocycles. The molecule has 3 rings (SSSR count). The summed E-state index contributed by atoms with van der Waals surface area (Å²) in [5, 5.41) is 1.08. The monoisotopic (exact) mass is 328 g/mol. The Labute approximate surface area is 142 Å². The molecule has 1 aliphatic rings. The number of nitrogens with one attached hydrogen (secondary N) is 1. The topological polar surface area (TPSA) is 62.4 Å². The normalized spacial score (nSPS) is 18.0. The molecule has 1 N–H and O–H groups in total. The fraction of sp³-hybridized carbons (Fsp3) is 0.474. The first kappa shape index (κ1) is 16.6. The number of piperidine rings is 1. The number of ether oxygens (including phenoxy) is 1. The van der Waals surface area contributed by atoms with Crippen LogP contribution in [-0.2, 0) is 9.53 Å². The minimum atomic E-state index is -0.214. The summed E-state index contributed by atoms with van der Waals surface area (Å²) in [6.45, 7) is 7.38. The van der Waals surface area contributed by atoms with E-state index < -0.39 is 0 Å². The summed E-state index contributed by atoms with van der Waals surface area (Å²) in [6, 6.07) is 5.80. The highest BCUT2D eigenvalue weighted by Gasteiger charge is 2.30. The lowest BCUT2D eigenvalue weighted by molar-refractivity contribution is -0.149. The van der Waals surface area contributed by atoms with Crippen molar-refractivity contribution in [3.8, 4) is 0 Å². The van der Waals surface area contributed by atoms with Crippen LogP contribution in [0.15, 0.2) is 18.2 Å². The molecule has 1 saturated heterocycles. The van der Waals surface area contributed by atoms with Gasteiger partial charge in [-0.25, -0.2) is 0 Å². The van der Waals surface area contributed by atoms with Crippen molar-refractivity contribution < 1.29 is 14.3 Å². The molecule has 0 saturated carbocycles. The van der Waals surface area contributed by atoms with Crippen LogP contribution in [-0.4, -0.2) is 41.5 Å². The zero-order valence-corrected chi connectivity index (χ0v) is 14.5. The predicted molar refractivity (Wildman–Crippen MR) is 93.0 cm³/mol. The largest absolute Gasteiger partial charge is 0.466 e. The Morgan fingerprint density at radius 1 is 1.33 bits per heavy atom. The number of carbonyl (C=O) groups excluding carboxylic acids is 2. The lowest BCUT2D eigenvalue weighted by Gasteiger charge is -2.31. The van der Waals surface area contributed by atoms with E-state index in [0.717, 1.165) is 29.4 Å². The summed E-state index contributed by atoms with van der Waals surface area (Å²) in [5.74, 6) is -0.426. The minimum Gasteiger partial charge on any atom is -0.466 e. The van der Waals surface area contributed by atoms with Crippen LogP contribution in [0.5, 0.6) is 0 Å². The summed E-state index contributed by atoms with van der Waals surface area (Å²) in [6.07, 6.45) is 1.61. The Bertz CT molecular complexity index is 778. The summed E-state index contributed by atoms with van der Waals surface area (Å²) >= 11 is 0. The number of aryl methyl sites for hydroxylation is 2. The number of carbonyl (C=O) groups is 2. The van der Waals surface area contributed by atoms with Crippen LogP contribution < -0.4 is 0 Å². The highest BCUT2D eigenvalue weighted by Crippen LogP contribution is 2.27. The first-order chi connectivity index (χ1) is 11.5. The van der Waals surface area contributed by atoms with Gasteiger partial charge in [0.15, 0.2) is 0 Å². The molecule has 5 heteroatoms. The van der Waals surface area contributed by atoms with Crippen molar-refractivity contribution in [3.05, 3.63) is 35.0 Å². The van der Waals surface area contributed by atoms with Crippen LogP contribution in [0.3, 0.4) is 0 Å². The third kappa shape index (κ3) is 2.90. The molecule has 2 heterocycles. The molecule has 0 spiro atoms. The van der Waals surface area contributed by atoms with Gasteiger partial charge in [-0.2, -0.15) is 0 Å². The number of esters is 1. The highest BCUT2D eigenvalue weighted by atomic mass is 16.5. The number of fused-ring (bicyclic) bond motifs is 1. The molecule has 1 atom stereocenters. The summed E-state index contributed by atoms with van der Waals surface area (Å²) in [7, 11) is 0. The first-order valence-corrected chi connectivity index (χ1v) is 8.56. The van der Waals surface area contributed by atoms with E-state index in [4.69, 9.17) is 4.74 Å². The van der Waals surface area contributed by atoms with Crippen molar-refractivity contribution in [2.75, 3.05) is 19.7 Å². The fourth-order valence-electron chi connectivity index (χ4n) is 3.45. The molecule has 0 bridgehead atoms. The Morgan fingerprint density at radius 2 is 2.12 bits per heavy atom. The molecular formula is C19H24N2O3. The molecule has 2 aromatic rings. The maximum Gasteiger partial charge on any atom is 0.310 e. The molecule has 1 fully saturated rings. The van der Waals surface area contributed by atoms with Crippen molar-refractivity contribution in [1.82, 2.24) is 9.88 Å². The molecule has 1 aliphatic heterocycles. The number of amides is 1. The number of nitrogens with zero attached hydrogens (tertiary/aromatic N) is 1. The van der Waals surface area contributed by atoms with Gasteiger partial charge in [-0.05, 0) is 45.2 Å². The third-order valence-electron chi connectivity index (χ3n) is 4.90. The SMILES string of the molecule is CCOC(=O)[C@H]1CCCN(C(=O)c2cccc3c(C)c(C)[nH]c23)C1. The van der Waals surface area contributed by atoms with Gasteiger partial charge in [0.05, 0.1) is 23.6 Å². The molecule has 24 heavy (non-hydrogen) atoms. The molecule has 0 radical (unpaired) electrons. The van der Waals surface area contributed by atoms with Crippen molar-refractivity contribution in [3.63, 3.8) is 0 Å². The van der Waals surface area contributed by atoms with Crippen LogP contribution in [0.4, 0.5) is 0 Å². The van der Waals surface area contributed by atoms with Crippen molar-refractivity contribution in [1.29, 1.82) is 0 Å². The van der Waals surface area contributed by atoms with Gasteiger partial charge in [-0.15, -0.1) is 0 Å². The van der Waals surface area contributed by atoms with Gasteiger partial charge in [0.25, 0.3) is 5.91 Å². The number of aromatic nitrogens is 1. The van der Waals surface area contributed by atoms with Crippen LogP contribution in [0, 0.1) is 19.8 Å². The standard InChI is InChI=1S/C19H24N2O3/c1-4-24-19(23)14-7-6-10-21(11-14)18(22)16-9-5-8-15-12(2)13(3)20-17(15)16/h5,8-9,14,20H,4,6-7,10-11H2,1-3H3/t14-/m0/s1. The summed E-state index contributed by atoms with van der Waals surface area (Å²) in [4.78, 5) is 30.1. The van der Waals surface area contributed by atoms with E-state index in [1.807, 2.05) is 25.1 Å². The third-order valence-corrected chi connectivity index (χ3v) is 4.90. The van der Waals surface area contributed by atoms with E-state index in [1.54, 1.807) is 11.8 Å². The van der Waals surface area contributed by atoms with Gasteiger partial charge in [-0.3, -0.25) is 9.59 Å². The van der Waals surface area contributed by atoms with E-state index in [1.165, 1.54) is 5.56 Å². The predicted octanol–water partition coefficient (Wildman–Crippen LogP) is 3.20. The van der Waals surface area contributed by atoms with Crippen molar-refractivity contribution in [2.45, 2.75) is 33.6 Å². The van der Waals surface area contributed by atoms with E-state index >= 15 is 0 Å². The molecule has 1 aromatic carbocycles. The van der Waals surface area contributed by atoms with Crippen LogP contribution in [0.25, 0.3) is 10.9 Å². The van der Waals surface area contributed by atoms with Crippen LogP contribution in [0.2, 0.25) is 0 Å². The van der Waals surface area contributed by atoms with E-state index in [2.05, 4.69) is 11.9 Å². The van der Waals surface area contributed by atoms with Gasteiger partial charge in [0.1, 0.15) is 0 Å². The second-order valence-electron chi connectivity index (χ2n) is 6.45. The van der Waals surface area contributed by atoms with E-state index in [-0.39, 0.29) is 17.8 Å². The Morgan fingerprint density at radius 3 is 2.88 bits per heavy atom. The smallest absolute Gasteiger partial charge is 0.310 e. The molecule has 0 unspecified atom stereocenters. The minimum absolute atomic E-state index is 0.0177. The summed E-state index contributed by atoms with van der Waals surface area (Å²) in [5.41, 5.74) is 3.81. The second kappa shape index (κ2) is 6.67. The highest BCUT2D eigenvalue weighted by molar-refractivity contribution is 6.06. The number of hydrogen-bond donors (Lipinski definition) is 1. The number of H-pyrrole nitrogens is 1. The molecular weight excluding hydrogens is 304 g/mol. The second-order valence-corrected chi connectivity index (χ2v) is 6.45. The number of rotatable bonds is 3. The number of likely N-dealkylation sites (tertiary alicyclic amines) is 1. The van der Waals surface area contributed by atoms with Crippen molar-refractivity contribution >= 4 is 22.8 Å².